The molecule has 0 bridgehead atoms. The maximum atomic E-state index is 14.1. The summed E-state index contributed by atoms with van der Waals surface area (Å²) in [6.07, 6.45) is 0. The zero-order chi connectivity index (χ0) is 14.5. The molecule has 0 spiro atoms. The Morgan fingerprint density at radius 1 is 1.20 bits per heavy atom. The lowest BCUT2D eigenvalue weighted by atomic mass is 9.97. The van der Waals surface area contributed by atoms with E-state index in [2.05, 4.69) is 5.32 Å². The number of hydrogen-bond acceptors (Lipinski definition) is 2. The normalized spacial score (nSPS) is 12.2. The predicted molar refractivity (Wildman–Crippen MR) is 79.9 cm³/mol. The second-order valence-electron chi connectivity index (χ2n) is 4.40. The Morgan fingerprint density at radius 3 is 2.60 bits per heavy atom. The second kappa shape index (κ2) is 6.73. The predicted octanol–water partition coefficient (Wildman–Crippen LogP) is 4.19. The maximum Gasteiger partial charge on any atom is 0.128 e. The van der Waals surface area contributed by atoms with Gasteiger partial charge in [0.05, 0.1) is 13.2 Å². The highest BCUT2D eigenvalue weighted by molar-refractivity contribution is 6.30. The average Bonchev–Trinajstić information content (AvgIpc) is 2.46. The Bertz CT molecular complexity index is 588. The van der Waals surface area contributed by atoms with Gasteiger partial charge in [0.2, 0.25) is 0 Å². The van der Waals surface area contributed by atoms with E-state index in [-0.39, 0.29) is 11.9 Å². The van der Waals surface area contributed by atoms with Gasteiger partial charge < -0.3 is 10.1 Å². The van der Waals surface area contributed by atoms with Gasteiger partial charge in [-0.25, -0.2) is 4.39 Å². The van der Waals surface area contributed by atoms with Crippen LogP contribution in [0.5, 0.6) is 5.75 Å². The Kier molecular flexibility index (Phi) is 4.99. The third kappa shape index (κ3) is 3.11. The van der Waals surface area contributed by atoms with E-state index in [0.29, 0.717) is 22.9 Å². The molecule has 0 radical (unpaired) electrons. The molecule has 1 unspecified atom stereocenters. The minimum absolute atomic E-state index is 0.250. The van der Waals surface area contributed by atoms with Crippen molar-refractivity contribution in [1.29, 1.82) is 0 Å². The zero-order valence-corrected chi connectivity index (χ0v) is 12.2. The summed E-state index contributed by atoms with van der Waals surface area (Å²) in [4.78, 5) is 0. The fourth-order valence-corrected chi connectivity index (χ4v) is 2.41. The Morgan fingerprint density at radius 2 is 1.95 bits per heavy atom. The van der Waals surface area contributed by atoms with Crippen LogP contribution in [-0.2, 0) is 0 Å². The number of hydrogen-bond donors (Lipinski definition) is 1. The van der Waals surface area contributed by atoms with E-state index in [4.69, 9.17) is 16.3 Å². The van der Waals surface area contributed by atoms with Crippen molar-refractivity contribution in [2.24, 2.45) is 0 Å². The van der Waals surface area contributed by atoms with Crippen LogP contribution in [0.15, 0.2) is 42.5 Å². The SMILES string of the molecule is CCNC(c1ccccc1F)c1cc(Cl)ccc1OC. The first-order valence-electron chi connectivity index (χ1n) is 6.48. The Hall–Kier alpha value is -1.58. The van der Waals surface area contributed by atoms with E-state index in [1.807, 2.05) is 13.0 Å². The lowest BCUT2D eigenvalue weighted by Crippen LogP contribution is -2.23. The Labute approximate surface area is 123 Å². The van der Waals surface area contributed by atoms with Gasteiger partial charge in [-0.1, -0.05) is 36.7 Å². The van der Waals surface area contributed by atoms with Crippen LogP contribution in [0.1, 0.15) is 24.1 Å². The number of benzene rings is 2. The molecule has 0 saturated heterocycles. The van der Waals surface area contributed by atoms with Crippen molar-refractivity contribution in [2.45, 2.75) is 13.0 Å². The monoisotopic (exact) mass is 293 g/mol. The zero-order valence-electron chi connectivity index (χ0n) is 11.5. The average molecular weight is 294 g/mol. The van der Waals surface area contributed by atoms with E-state index in [1.165, 1.54) is 6.07 Å². The molecule has 0 fully saturated rings. The van der Waals surface area contributed by atoms with Crippen LogP contribution in [0.2, 0.25) is 5.02 Å². The lowest BCUT2D eigenvalue weighted by Gasteiger charge is -2.22. The summed E-state index contributed by atoms with van der Waals surface area (Å²) in [6.45, 7) is 2.68. The maximum absolute atomic E-state index is 14.1. The van der Waals surface area contributed by atoms with Gasteiger partial charge >= 0.3 is 0 Å². The summed E-state index contributed by atoms with van der Waals surface area (Å²) >= 11 is 6.07. The van der Waals surface area contributed by atoms with Crippen molar-refractivity contribution in [3.63, 3.8) is 0 Å². The molecular weight excluding hydrogens is 277 g/mol. The highest BCUT2D eigenvalue weighted by Gasteiger charge is 2.20. The highest BCUT2D eigenvalue weighted by Crippen LogP contribution is 2.33. The van der Waals surface area contributed by atoms with E-state index >= 15 is 0 Å². The minimum Gasteiger partial charge on any atom is -0.496 e. The summed E-state index contributed by atoms with van der Waals surface area (Å²) in [5.74, 6) is 0.434. The van der Waals surface area contributed by atoms with Crippen molar-refractivity contribution in [3.8, 4) is 5.75 Å². The molecular formula is C16H17ClFNO. The Balaban J connectivity index is 2.54. The third-order valence-corrected chi connectivity index (χ3v) is 3.36. The number of rotatable bonds is 5. The van der Waals surface area contributed by atoms with Gasteiger partial charge in [-0.15, -0.1) is 0 Å². The van der Waals surface area contributed by atoms with Crippen molar-refractivity contribution >= 4 is 11.6 Å². The van der Waals surface area contributed by atoms with Gasteiger partial charge in [0.25, 0.3) is 0 Å². The molecule has 2 aromatic carbocycles. The molecule has 0 heterocycles. The molecule has 106 valence electrons. The van der Waals surface area contributed by atoms with Crippen LogP contribution in [-0.4, -0.2) is 13.7 Å². The van der Waals surface area contributed by atoms with Crippen molar-refractivity contribution in [3.05, 3.63) is 64.4 Å². The minimum atomic E-state index is -0.296. The van der Waals surface area contributed by atoms with Gasteiger partial charge in [0.1, 0.15) is 11.6 Å². The van der Waals surface area contributed by atoms with Gasteiger partial charge in [0, 0.05) is 16.1 Å². The molecule has 20 heavy (non-hydrogen) atoms. The van der Waals surface area contributed by atoms with Crippen LogP contribution < -0.4 is 10.1 Å². The topological polar surface area (TPSA) is 21.3 Å². The molecule has 0 aliphatic rings. The largest absolute Gasteiger partial charge is 0.496 e. The summed E-state index contributed by atoms with van der Waals surface area (Å²) < 4.78 is 19.4. The molecule has 0 saturated carbocycles. The standard InChI is InChI=1S/C16H17ClFNO/c1-3-19-16(12-6-4-5-7-14(12)18)13-10-11(17)8-9-15(13)20-2/h4-10,16,19H,3H2,1-2H3. The van der Waals surface area contributed by atoms with Crippen molar-refractivity contribution in [1.82, 2.24) is 5.32 Å². The van der Waals surface area contributed by atoms with Crippen LogP contribution in [0.3, 0.4) is 0 Å². The van der Waals surface area contributed by atoms with Crippen molar-refractivity contribution < 1.29 is 9.13 Å². The second-order valence-corrected chi connectivity index (χ2v) is 4.83. The third-order valence-electron chi connectivity index (χ3n) is 3.13. The van der Waals surface area contributed by atoms with Crippen molar-refractivity contribution in [2.75, 3.05) is 13.7 Å². The van der Waals surface area contributed by atoms with Crippen LogP contribution >= 0.6 is 11.6 Å². The quantitative estimate of drug-likeness (QED) is 0.892. The summed E-state index contributed by atoms with van der Waals surface area (Å²) in [5, 5.41) is 3.88. The number of ether oxygens (including phenoxy) is 1. The fraction of sp³-hybridized carbons (Fsp3) is 0.250. The molecule has 0 amide bonds. The summed E-state index contributed by atoms with van der Waals surface area (Å²) in [6, 6.07) is 11.8. The van der Waals surface area contributed by atoms with Crippen LogP contribution in [0.4, 0.5) is 4.39 Å². The lowest BCUT2D eigenvalue weighted by molar-refractivity contribution is 0.403. The number of methoxy groups -OCH3 is 1. The molecule has 2 nitrogen and oxygen atoms in total. The first-order chi connectivity index (χ1) is 9.67. The van der Waals surface area contributed by atoms with E-state index in [1.54, 1.807) is 37.4 Å². The number of halogens is 2. The molecule has 4 heteroatoms. The van der Waals surface area contributed by atoms with Gasteiger partial charge in [-0.3, -0.25) is 0 Å². The first-order valence-corrected chi connectivity index (χ1v) is 6.86. The van der Waals surface area contributed by atoms with Crippen LogP contribution in [0.25, 0.3) is 0 Å². The summed E-state index contributed by atoms with van der Waals surface area (Å²) in [5.41, 5.74) is 1.40. The van der Waals surface area contributed by atoms with E-state index in [9.17, 15) is 4.39 Å². The summed E-state index contributed by atoms with van der Waals surface area (Å²) in [7, 11) is 1.59. The van der Waals surface area contributed by atoms with E-state index in [0.717, 1.165) is 5.56 Å². The first kappa shape index (κ1) is 14.8. The fourth-order valence-electron chi connectivity index (χ4n) is 2.23. The van der Waals surface area contributed by atoms with E-state index < -0.39 is 0 Å². The molecule has 1 atom stereocenters. The van der Waals surface area contributed by atoms with Gasteiger partial charge in [0.15, 0.2) is 0 Å². The number of nitrogens with one attached hydrogen (secondary N) is 1. The molecule has 0 aliphatic heterocycles. The molecule has 0 aliphatic carbocycles. The molecule has 1 N–H and O–H groups in total. The molecule has 0 aromatic heterocycles. The molecule has 2 rings (SSSR count). The smallest absolute Gasteiger partial charge is 0.128 e. The van der Waals surface area contributed by atoms with Gasteiger partial charge in [-0.2, -0.15) is 0 Å². The van der Waals surface area contributed by atoms with Gasteiger partial charge in [-0.05, 0) is 30.8 Å². The van der Waals surface area contributed by atoms with Crippen LogP contribution in [0, 0.1) is 5.82 Å². The highest BCUT2D eigenvalue weighted by atomic mass is 35.5. The molecule has 2 aromatic rings.